The van der Waals surface area contributed by atoms with Crippen LogP contribution in [0.1, 0.15) is 41.5 Å². The van der Waals surface area contributed by atoms with E-state index in [1.54, 1.807) is 0 Å². The van der Waals surface area contributed by atoms with Crippen LogP contribution >= 0.6 is 0 Å². The van der Waals surface area contributed by atoms with Gasteiger partial charge in [0, 0.05) is 38.5 Å². The van der Waals surface area contributed by atoms with Crippen LogP contribution in [0.15, 0.2) is 9.98 Å². The Morgan fingerprint density at radius 3 is 1.62 bits per heavy atom. The van der Waals surface area contributed by atoms with E-state index in [4.69, 9.17) is 0 Å². The number of nitrogens with zero attached hydrogens (tertiary/aromatic N) is 3. The molecular formula is C12H25N3Sb. The van der Waals surface area contributed by atoms with Crippen LogP contribution in [0.25, 0.3) is 0 Å². The van der Waals surface area contributed by atoms with Crippen molar-refractivity contribution in [3.05, 3.63) is 0 Å². The Hall–Kier alpha value is -0.0418. The number of hydrogen-bond acceptors (Lipinski definition) is 2. The van der Waals surface area contributed by atoms with Gasteiger partial charge in [-0.25, -0.2) is 0 Å². The van der Waals surface area contributed by atoms with E-state index in [2.05, 4.69) is 51.5 Å². The van der Waals surface area contributed by atoms with Crippen molar-refractivity contribution in [2.45, 2.75) is 52.6 Å². The van der Waals surface area contributed by atoms with Gasteiger partial charge in [-0.1, -0.05) is 0 Å². The van der Waals surface area contributed by atoms with Crippen LogP contribution in [0.4, 0.5) is 0 Å². The number of rotatable bonds is 1. The number of aliphatic imine (C=N–C) groups is 2. The molecule has 3 nitrogen and oxygen atoms in total. The second-order valence-electron chi connectivity index (χ2n) is 5.96. The minimum absolute atomic E-state index is 0. The Morgan fingerprint density at radius 2 is 1.38 bits per heavy atom. The fraction of sp³-hybridized carbons (Fsp3) is 0.833. The Morgan fingerprint density at radius 1 is 0.938 bits per heavy atom. The smallest absolute Gasteiger partial charge is 0.141 e. The second-order valence-corrected chi connectivity index (χ2v) is 5.96. The van der Waals surface area contributed by atoms with E-state index in [9.17, 15) is 0 Å². The summed E-state index contributed by atoms with van der Waals surface area (Å²) in [5.74, 6) is 0.914. The largest absolute Gasteiger partial charge is 0.362 e. The third-order valence-electron chi connectivity index (χ3n) is 1.48. The van der Waals surface area contributed by atoms with Crippen LogP contribution in [0.5, 0.6) is 0 Å². The molecule has 0 saturated heterocycles. The molecule has 16 heavy (non-hydrogen) atoms. The summed E-state index contributed by atoms with van der Waals surface area (Å²) in [4.78, 5) is 11.1. The predicted molar refractivity (Wildman–Crippen MR) is 74.9 cm³/mol. The molecule has 0 aliphatic rings. The average molecular weight is 333 g/mol. The quantitative estimate of drug-likeness (QED) is 0.411. The standard InChI is InChI=1S/C12H25N3.Sb/c1-11(2,3)13-9-10(15(7)8)14-12(4,5)6;/h9H,1-8H3;. The molecule has 0 unspecified atom stereocenters. The summed E-state index contributed by atoms with van der Waals surface area (Å²) in [6.07, 6.45) is 1.85. The zero-order chi connectivity index (χ0) is 12.3. The first-order valence-corrected chi connectivity index (χ1v) is 5.34. The Balaban J connectivity index is 0. The Kier molecular flexibility index (Phi) is 7.60. The predicted octanol–water partition coefficient (Wildman–Crippen LogP) is 2.23. The normalized spacial score (nSPS) is 13.9. The van der Waals surface area contributed by atoms with Crippen molar-refractivity contribution in [1.29, 1.82) is 0 Å². The molecule has 3 radical (unpaired) electrons. The minimum Gasteiger partial charge on any atom is -0.362 e. The van der Waals surface area contributed by atoms with Crippen molar-refractivity contribution in [1.82, 2.24) is 4.90 Å². The third kappa shape index (κ3) is 10.5. The minimum atomic E-state index is -0.0660. The molecule has 0 aromatic rings. The maximum absolute atomic E-state index is 4.60. The molecule has 0 rings (SSSR count). The van der Waals surface area contributed by atoms with Crippen LogP contribution in [-0.4, -0.2) is 66.6 Å². The van der Waals surface area contributed by atoms with Gasteiger partial charge >= 0.3 is 0 Å². The molecular weight excluding hydrogens is 308 g/mol. The molecule has 0 aromatic heterocycles. The first-order valence-electron chi connectivity index (χ1n) is 5.34. The van der Waals surface area contributed by atoms with Crippen LogP contribution in [0, 0.1) is 0 Å². The van der Waals surface area contributed by atoms with Gasteiger partial charge < -0.3 is 4.90 Å². The average Bonchev–Trinajstić information content (AvgIpc) is 1.93. The van der Waals surface area contributed by atoms with Gasteiger partial charge in [-0.3, -0.25) is 9.98 Å². The summed E-state index contributed by atoms with van der Waals surface area (Å²) in [7, 11) is 3.97. The van der Waals surface area contributed by atoms with Gasteiger partial charge in [0.25, 0.3) is 0 Å². The molecule has 0 bridgehead atoms. The van der Waals surface area contributed by atoms with Gasteiger partial charge in [0.2, 0.25) is 0 Å². The summed E-state index contributed by atoms with van der Waals surface area (Å²) in [5, 5.41) is 0. The maximum atomic E-state index is 4.60. The first-order chi connectivity index (χ1) is 6.51. The molecule has 0 fully saturated rings. The summed E-state index contributed by atoms with van der Waals surface area (Å²) in [6.45, 7) is 12.5. The molecule has 0 aliphatic carbocycles. The zero-order valence-corrected chi connectivity index (χ0v) is 14.4. The first kappa shape index (κ1) is 18.3. The van der Waals surface area contributed by atoms with Crippen molar-refractivity contribution in [3.8, 4) is 0 Å². The van der Waals surface area contributed by atoms with E-state index < -0.39 is 0 Å². The Labute approximate surface area is 118 Å². The molecule has 0 heterocycles. The van der Waals surface area contributed by atoms with Crippen molar-refractivity contribution >= 4 is 36.5 Å². The van der Waals surface area contributed by atoms with Crippen molar-refractivity contribution in [2.24, 2.45) is 9.98 Å². The molecule has 4 heteroatoms. The fourth-order valence-corrected chi connectivity index (χ4v) is 0.839. The van der Waals surface area contributed by atoms with E-state index in [0.29, 0.717) is 0 Å². The van der Waals surface area contributed by atoms with Gasteiger partial charge in [0.1, 0.15) is 5.84 Å². The monoisotopic (exact) mass is 332 g/mol. The Bertz CT molecular complexity index is 254. The van der Waals surface area contributed by atoms with Crippen LogP contribution in [-0.2, 0) is 0 Å². The van der Waals surface area contributed by atoms with E-state index in [1.807, 2.05) is 25.2 Å². The van der Waals surface area contributed by atoms with Crippen LogP contribution in [0.2, 0.25) is 0 Å². The van der Waals surface area contributed by atoms with E-state index >= 15 is 0 Å². The molecule has 0 aliphatic heterocycles. The molecule has 0 aromatic carbocycles. The van der Waals surface area contributed by atoms with Crippen LogP contribution in [0.3, 0.4) is 0 Å². The van der Waals surface area contributed by atoms with Crippen molar-refractivity contribution in [3.63, 3.8) is 0 Å². The number of amidine groups is 1. The zero-order valence-electron chi connectivity index (χ0n) is 11.9. The van der Waals surface area contributed by atoms with Gasteiger partial charge in [-0.05, 0) is 41.5 Å². The van der Waals surface area contributed by atoms with E-state index in [1.165, 1.54) is 0 Å². The SMILES string of the molecule is CN(C)C(C=NC(C)(C)C)=NC(C)(C)C.[Sb]. The molecule has 0 spiro atoms. The van der Waals surface area contributed by atoms with Gasteiger partial charge in [0.15, 0.2) is 0 Å². The molecule has 0 N–H and O–H groups in total. The topological polar surface area (TPSA) is 28.0 Å². The summed E-state index contributed by atoms with van der Waals surface area (Å²) in [6, 6.07) is 0. The van der Waals surface area contributed by atoms with E-state index in [-0.39, 0.29) is 35.5 Å². The molecule has 0 saturated carbocycles. The van der Waals surface area contributed by atoms with Crippen LogP contribution < -0.4 is 0 Å². The summed E-state index contributed by atoms with van der Waals surface area (Å²) < 4.78 is 0. The van der Waals surface area contributed by atoms with Gasteiger partial charge in [0.05, 0.1) is 17.3 Å². The van der Waals surface area contributed by atoms with E-state index in [0.717, 1.165) is 5.84 Å². The number of hydrogen-bond donors (Lipinski definition) is 0. The van der Waals surface area contributed by atoms with Crippen molar-refractivity contribution in [2.75, 3.05) is 14.1 Å². The van der Waals surface area contributed by atoms with Gasteiger partial charge in [-0.15, -0.1) is 0 Å². The van der Waals surface area contributed by atoms with Gasteiger partial charge in [-0.2, -0.15) is 0 Å². The second kappa shape index (κ2) is 6.63. The fourth-order valence-electron chi connectivity index (χ4n) is 0.839. The molecule has 93 valence electrons. The maximum Gasteiger partial charge on any atom is 0.141 e. The third-order valence-corrected chi connectivity index (χ3v) is 1.48. The van der Waals surface area contributed by atoms with Crippen molar-refractivity contribution < 1.29 is 0 Å². The summed E-state index contributed by atoms with van der Waals surface area (Å²) in [5.41, 5.74) is -0.113. The summed E-state index contributed by atoms with van der Waals surface area (Å²) >= 11 is 0. The molecule has 0 amide bonds. The molecule has 0 atom stereocenters.